The van der Waals surface area contributed by atoms with E-state index < -0.39 is 4.65 Å². The summed E-state index contributed by atoms with van der Waals surface area (Å²) in [6.07, 6.45) is 2.78. The molecule has 4 aromatic rings. The molecule has 0 spiro atoms. The van der Waals surface area contributed by atoms with Gasteiger partial charge in [-0.15, -0.1) is 0 Å². The predicted octanol–water partition coefficient (Wildman–Crippen LogP) is 6.89. The summed E-state index contributed by atoms with van der Waals surface area (Å²) < 4.78 is 36.5. The van der Waals surface area contributed by atoms with E-state index in [4.69, 9.17) is 28.4 Å². The van der Waals surface area contributed by atoms with Crippen molar-refractivity contribution in [3.05, 3.63) is 99.3 Å². The van der Waals surface area contributed by atoms with Gasteiger partial charge in [-0.2, -0.15) is 0 Å². The minimum absolute atomic E-state index is 0.0219. The second-order valence-corrected chi connectivity index (χ2v) is 12.9. The molecule has 9 heteroatoms. The fourth-order valence-corrected chi connectivity index (χ4v) is 7.47. The van der Waals surface area contributed by atoms with Crippen molar-refractivity contribution in [3.8, 4) is 46.0 Å². The summed E-state index contributed by atoms with van der Waals surface area (Å²) in [5.74, 6) is 5.08. The van der Waals surface area contributed by atoms with Crippen LogP contribution in [-0.4, -0.2) is 57.7 Å². The minimum Gasteiger partial charge on any atom is -0.633 e. The Kier molecular flexibility index (Phi) is 7.01. The second kappa shape index (κ2) is 11.1. The summed E-state index contributed by atoms with van der Waals surface area (Å²) in [4.78, 5) is 2.37. The number of rotatable bonds is 2. The molecule has 46 heavy (non-hydrogen) atoms. The molecule has 6 bridgehead atoms. The van der Waals surface area contributed by atoms with Crippen LogP contribution in [0.5, 0.6) is 46.0 Å². The molecule has 5 heterocycles. The van der Waals surface area contributed by atoms with E-state index >= 15 is 0 Å². The number of fused-ring (bicyclic) bond motifs is 3. The van der Waals surface area contributed by atoms with Gasteiger partial charge in [0.25, 0.3) is 0 Å². The third kappa shape index (κ3) is 4.90. The molecule has 3 atom stereocenters. The maximum atomic E-state index is 14.1. The molecule has 0 fully saturated rings. The molecule has 4 aromatic carbocycles. The van der Waals surface area contributed by atoms with Crippen molar-refractivity contribution < 1.29 is 33.1 Å². The molecule has 0 saturated heterocycles. The fraction of sp³-hybridized carbons (Fsp3) is 0.351. The molecule has 5 aliphatic heterocycles. The van der Waals surface area contributed by atoms with Crippen molar-refractivity contribution in [1.82, 2.24) is 4.90 Å². The molecular formula is C37H38N2O7. The molecule has 0 amide bonds. The number of quaternary nitrogens is 1. The molecule has 0 N–H and O–H groups in total. The minimum atomic E-state index is -0.400. The highest BCUT2D eigenvalue weighted by Crippen LogP contribution is 2.53. The van der Waals surface area contributed by atoms with Gasteiger partial charge in [0, 0.05) is 36.6 Å². The van der Waals surface area contributed by atoms with Crippen LogP contribution in [0.3, 0.4) is 0 Å². The second-order valence-electron chi connectivity index (χ2n) is 12.9. The zero-order chi connectivity index (χ0) is 31.6. The third-order valence-corrected chi connectivity index (χ3v) is 10.1. The monoisotopic (exact) mass is 622 g/mol. The summed E-state index contributed by atoms with van der Waals surface area (Å²) in [5.41, 5.74) is 6.47. The van der Waals surface area contributed by atoms with Crippen molar-refractivity contribution in [1.29, 1.82) is 0 Å². The highest BCUT2D eigenvalue weighted by molar-refractivity contribution is 5.64. The summed E-state index contributed by atoms with van der Waals surface area (Å²) in [7, 11) is 7.21. The van der Waals surface area contributed by atoms with Gasteiger partial charge >= 0.3 is 0 Å². The van der Waals surface area contributed by atoms with Crippen LogP contribution in [0.4, 0.5) is 0 Å². The van der Waals surface area contributed by atoms with Gasteiger partial charge in [-0.05, 0) is 84.6 Å². The molecule has 0 unspecified atom stereocenters. The van der Waals surface area contributed by atoms with Gasteiger partial charge in [-0.3, -0.25) is 4.90 Å². The predicted molar refractivity (Wildman–Crippen MR) is 172 cm³/mol. The summed E-state index contributed by atoms with van der Waals surface area (Å²) in [6, 6.07) is 19.9. The molecular weight excluding hydrogens is 584 g/mol. The van der Waals surface area contributed by atoms with Gasteiger partial charge in [0.2, 0.25) is 12.5 Å². The quantitative estimate of drug-likeness (QED) is 0.177. The number of hydroxylamine groups is 3. The Morgan fingerprint density at radius 2 is 1.57 bits per heavy atom. The van der Waals surface area contributed by atoms with Crippen LogP contribution in [0.1, 0.15) is 45.5 Å². The van der Waals surface area contributed by atoms with Crippen LogP contribution in [-0.2, 0) is 25.7 Å². The van der Waals surface area contributed by atoms with Gasteiger partial charge in [-0.1, -0.05) is 18.2 Å². The first-order chi connectivity index (χ1) is 22.3. The number of hydrogen-bond donors (Lipinski definition) is 0. The van der Waals surface area contributed by atoms with Crippen molar-refractivity contribution in [2.24, 2.45) is 0 Å². The number of nitrogens with zero attached hydrogens (tertiary/aromatic N) is 2. The third-order valence-electron chi connectivity index (χ3n) is 10.1. The molecule has 0 aromatic heterocycles. The van der Waals surface area contributed by atoms with Crippen molar-refractivity contribution >= 4 is 0 Å². The van der Waals surface area contributed by atoms with Crippen LogP contribution >= 0.6 is 0 Å². The first-order valence-electron chi connectivity index (χ1n) is 15.9. The number of ether oxygens (including phenoxy) is 6. The van der Waals surface area contributed by atoms with Gasteiger partial charge < -0.3 is 38.3 Å². The maximum Gasteiger partial charge on any atom is 0.231 e. The molecule has 238 valence electrons. The molecule has 9 nitrogen and oxygen atoms in total. The van der Waals surface area contributed by atoms with E-state index in [1.807, 2.05) is 42.5 Å². The SMILES string of the molecule is COc1ccc2cc1Oc1ccc(cc1)C[C@H]1c3c(cc4c(c3Oc3cc5c(cc3OC)CC[N@@+](C)([O-])[C@@H]5C2)OCO4)CCN1C. The first kappa shape index (κ1) is 29.0. The molecule has 5 aliphatic rings. The van der Waals surface area contributed by atoms with E-state index in [-0.39, 0.29) is 18.9 Å². The first-order valence-corrected chi connectivity index (χ1v) is 15.9. The van der Waals surface area contributed by atoms with Crippen LogP contribution in [0, 0.1) is 5.21 Å². The zero-order valence-electron chi connectivity index (χ0n) is 26.6. The Labute approximate surface area is 268 Å². The highest BCUT2D eigenvalue weighted by Gasteiger charge is 2.38. The Hall–Kier alpha value is -4.44. The number of hydrogen-bond acceptors (Lipinski definition) is 8. The molecule has 9 rings (SSSR count). The van der Waals surface area contributed by atoms with E-state index in [0.717, 1.165) is 41.6 Å². The van der Waals surface area contributed by atoms with Crippen LogP contribution in [0.15, 0.2) is 60.7 Å². The molecule has 0 saturated carbocycles. The van der Waals surface area contributed by atoms with Crippen LogP contribution in [0.2, 0.25) is 0 Å². The van der Waals surface area contributed by atoms with Crippen molar-refractivity contribution in [2.75, 3.05) is 48.2 Å². The van der Waals surface area contributed by atoms with E-state index in [9.17, 15) is 5.21 Å². The number of benzene rings is 4. The zero-order valence-corrected chi connectivity index (χ0v) is 26.6. The molecule has 0 radical (unpaired) electrons. The van der Waals surface area contributed by atoms with Crippen LogP contribution < -0.4 is 28.4 Å². The lowest BCUT2D eigenvalue weighted by molar-refractivity contribution is -0.894. The van der Waals surface area contributed by atoms with Gasteiger partial charge in [0.15, 0.2) is 34.5 Å². The lowest BCUT2D eigenvalue weighted by Gasteiger charge is -2.49. The van der Waals surface area contributed by atoms with E-state index in [0.29, 0.717) is 65.4 Å². The van der Waals surface area contributed by atoms with Crippen LogP contribution in [0.25, 0.3) is 0 Å². The van der Waals surface area contributed by atoms with Gasteiger partial charge in [0.1, 0.15) is 11.8 Å². The Balaban J connectivity index is 1.35. The average Bonchev–Trinajstić information content (AvgIpc) is 3.53. The van der Waals surface area contributed by atoms with E-state index in [2.05, 4.69) is 30.1 Å². The molecule has 0 aliphatic carbocycles. The largest absolute Gasteiger partial charge is 0.633 e. The van der Waals surface area contributed by atoms with E-state index in [1.54, 1.807) is 21.3 Å². The van der Waals surface area contributed by atoms with Gasteiger partial charge in [-0.25, -0.2) is 0 Å². The fourth-order valence-electron chi connectivity index (χ4n) is 7.47. The number of methoxy groups -OCH3 is 2. The topological polar surface area (TPSA) is 81.7 Å². The van der Waals surface area contributed by atoms with Gasteiger partial charge in [0.05, 0.1) is 27.8 Å². The van der Waals surface area contributed by atoms with E-state index in [1.165, 1.54) is 11.1 Å². The smallest absolute Gasteiger partial charge is 0.231 e. The summed E-state index contributed by atoms with van der Waals surface area (Å²) in [5, 5.41) is 14.1. The lowest BCUT2D eigenvalue weighted by atomic mass is 9.87. The Morgan fingerprint density at radius 3 is 2.37 bits per heavy atom. The van der Waals surface area contributed by atoms with Crippen molar-refractivity contribution in [3.63, 3.8) is 0 Å². The summed E-state index contributed by atoms with van der Waals surface area (Å²) in [6.45, 7) is 1.50. The maximum absolute atomic E-state index is 14.1. The standard InChI is InChI=1S/C37H38N2O7/c1-38-13-11-25-19-34-36(44-21-43-34)37-35(25)28(38)15-22-5-8-26(9-6-22)45-32-17-23(7-10-30(32)41-3)16-29-27-20-33(46-37)31(42-4)18-24(27)12-14-39(29,2)40/h5-10,17-20,28-29H,11-16,21H2,1-4H3/t28-,29+,39+/m0/s1. The Morgan fingerprint density at radius 1 is 0.783 bits per heavy atom. The van der Waals surface area contributed by atoms with Crippen molar-refractivity contribution in [2.45, 2.75) is 37.8 Å². The highest BCUT2D eigenvalue weighted by atomic mass is 16.7. The lowest BCUT2D eigenvalue weighted by Crippen LogP contribution is -2.47. The Bertz CT molecular complexity index is 1820. The summed E-state index contributed by atoms with van der Waals surface area (Å²) >= 11 is 0. The normalized spacial score (nSPS) is 23.0. The number of likely N-dealkylation sites (N-methyl/N-ethyl adjacent to an activating group) is 2. The average molecular weight is 623 g/mol.